The van der Waals surface area contributed by atoms with Gasteiger partial charge in [0.2, 0.25) is 5.52 Å². The molecule has 0 saturated heterocycles. The Bertz CT molecular complexity index is 394. The van der Waals surface area contributed by atoms with Gasteiger partial charge in [-0.15, -0.1) is 0 Å². The minimum absolute atomic E-state index is 0.205. The molecule has 4 atom stereocenters. The number of allylic oxidation sites excluding steroid dienone is 2. The highest BCUT2D eigenvalue weighted by Crippen LogP contribution is 2.58. The van der Waals surface area contributed by atoms with E-state index in [9.17, 15) is 9.36 Å². The summed E-state index contributed by atoms with van der Waals surface area (Å²) in [7, 11) is -3.60. The van der Waals surface area contributed by atoms with Gasteiger partial charge >= 0.3 is 7.60 Å². The molecule has 102 valence electrons. The van der Waals surface area contributed by atoms with Gasteiger partial charge in [0.25, 0.3) is 0 Å². The van der Waals surface area contributed by atoms with Crippen LogP contribution in [-0.4, -0.2) is 18.7 Å². The molecule has 5 heteroatoms. The monoisotopic (exact) mass is 272 g/mol. The van der Waals surface area contributed by atoms with Crippen LogP contribution in [0.2, 0.25) is 0 Å². The maximum Gasteiger partial charge on any atom is 0.396 e. The molecule has 18 heavy (non-hydrogen) atoms. The molecule has 0 aromatic carbocycles. The standard InChI is InChI=1S/C13H21O4P/c1-4-16-18(15,17-5-2)13(14)12-9(3)10-6-7-11(12)8-10/h6-7,9-12H,4-5,8H2,1-3H3/t9-,10+,11-,12+/m1/s1. The van der Waals surface area contributed by atoms with Crippen LogP contribution in [-0.2, 0) is 18.4 Å². The first-order valence-corrected chi connectivity index (χ1v) is 8.19. The van der Waals surface area contributed by atoms with Gasteiger partial charge in [0.15, 0.2) is 0 Å². The van der Waals surface area contributed by atoms with Crippen LogP contribution in [0.3, 0.4) is 0 Å². The van der Waals surface area contributed by atoms with Crippen LogP contribution in [0.4, 0.5) is 0 Å². The fourth-order valence-corrected chi connectivity index (χ4v) is 4.96. The molecule has 1 fully saturated rings. The van der Waals surface area contributed by atoms with Crippen LogP contribution in [0.25, 0.3) is 0 Å². The maximum absolute atomic E-state index is 12.5. The van der Waals surface area contributed by atoms with Crippen molar-refractivity contribution in [1.29, 1.82) is 0 Å². The van der Waals surface area contributed by atoms with E-state index in [0.29, 0.717) is 5.92 Å². The van der Waals surface area contributed by atoms with Crippen molar-refractivity contribution in [3.8, 4) is 0 Å². The first kappa shape index (κ1) is 14.0. The van der Waals surface area contributed by atoms with E-state index in [0.717, 1.165) is 6.42 Å². The van der Waals surface area contributed by atoms with Gasteiger partial charge in [-0.1, -0.05) is 19.1 Å². The van der Waals surface area contributed by atoms with E-state index < -0.39 is 7.60 Å². The molecular weight excluding hydrogens is 251 g/mol. The van der Waals surface area contributed by atoms with E-state index in [-0.39, 0.29) is 36.5 Å². The average molecular weight is 272 g/mol. The van der Waals surface area contributed by atoms with Gasteiger partial charge in [0.05, 0.1) is 13.2 Å². The lowest BCUT2D eigenvalue weighted by Gasteiger charge is -2.26. The molecule has 2 bridgehead atoms. The zero-order chi connectivity index (χ0) is 13.3. The third-order valence-electron chi connectivity index (χ3n) is 4.01. The van der Waals surface area contributed by atoms with Crippen molar-refractivity contribution in [1.82, 2.24) is 0 Å². The predicted octanol–water partition coefficient (Wildman–Crippen LogP) is 3.24. The molecule has 2 aliphatic rings. The topological polar surface area (TPSA) is 52.6 Å². The second-order valence-electron chi connectivity index (χ2n) is 5.00. The van der Waals surface area contributed by atoms with Crippen LogP contribution in [0.15, 0.2) is 12.2 Å². The lowest BCUT2D eigenvalue weighted by molar-refractivity contribution is -0.119. The lowest BCUT2D eigenvalue weighted by Crippen LogP contribution is -2.27. The lowest BCUT2D eigenvalue weighted by atomic mass is 9.85. The first-order valence-electron chi connectivity index (χ1n) is 6.65. The van der Waals surface area contributed by atoms with Gasteiger partial charge in [-0.3, -0.25) is 9.36 Å². The number of fused-ring (bicyclic) bond motifs is 2. The van der Waals surface area contributed by atoms with Gasteiger partial charge in [-0.05, 0) is 38.0 Å². The van der Waals surface area contributed by atoms with E-state index in [1.54, 1.807) is 13.8 Å². The van der Waals surface area contributed by atoms with Crippen LogP contribution in [0.5, 0.6) is 0 Å². The van der Waals surface area contributed by atoms with Crippen LogP contribution in [0.1, 0.15) is 27.2 Å². The number of hydrogen-bond acceptors (Lipinski definition) is 4. The van der Waals surface area contributed by atoms with E-state index in [2.05, 4.69) is 19.1 Å². The molecule has 0 N–H and O–H groups in total. The third-order valence-corrected chi connectivity index (χ3v) is 6.04. The summed E-state index contributed by atoms with van der Waals surface area (Å²) in [6.07, 6.45) is 5.25. The Labute approximate surface area is 108 Å². The van der Waals surface area contributed by atoms with Crippen LogP contribution >= 0.6 is 7.60 Å². The maximum atomic E-state index is 12.5. The van der Waals surface area contributed by atoms with Crippen molar-refractivity contribution in [2.75, 3.05) is 13.2 Å². The molecular formula is C13H21O4P. The van der Waals surface area contributed by atoms with Crippen molar-refractivity contribution in [2.24, 2.45) is 23.7 Å². The summed E-state index contributed by atoms with van der Waals surface area (Å²) in [5.74, 6) is 0.693. The quantitative estimate of drug-likeness (QED) is 0.550. The van der Waals surface area contributed by atoms with E-state index in [4.69, 9.17) is 9.05 Å². The molecule has 0 aliphatic heterocycles. The van der Waals surface area contributed by atoms with Crippen LogP contribution < -0.4 is 0 Å². The summed E-state index contributed by atoms with van der Waals surface area (Å²) in [6, 6.07) is 0. The first-order chi connectivity index (χ1) is 8.53. The number of carbonyl (C=O) groups excluding carboxylic acids is 1. The van der Waals surface area contributed by atoms with Gasteiger partial charge in [-0.25, -0.2) is 0 Å². The molecule has 0 amide bonds. The predicted molar refractivity (Wildman–Crippen MR) is 69.3 cm³/mol. The SMILES string of the molecule is CCOP(=O)(OCC)C(=O)[C@H]1[C@H](C)[C@H]2C=C[C@@H]1C2. The normalized spacial score (nSPS) is 34.2. The molecule has 1 saturated carbocycles. The van der Waals surface area contributed by atoms with Crippen LogP contribution in [0, 0.1) is 23.7 Å². The molecule has 4 nitrogen and oxygen atoms in total. The number of hydrogen-bond donors (Lipinski definition) is 0. The Balaban J connectivity index is 2.19. The zero-order valence-electron chi connectivity index (χ0n) is 11.2. The van der Waals surface area contributed by atoms with E-state index >= 15 is 0 Å². The van der Waals surface area contributed by atoms with Gasteiger partial charge in [-0.2, -0.15) is 0 Å². The summed E-state index contributed by atoms with van der Waals surface area (Å²) in [5.41, 5.74) is -0.324. The fraction of sp³-hybridized carbons (Fsp3) is 0.769. The number of carbonyl (C=O) groups is 1. The highest BCUT2D eigenvalue weighted by atomic mass is 31.2. The smallest absolute Gasteiger partial charge is 0.303 e. The minimum atomic E-state index is -3.60. The average Bonchev–Trinajstić information content (AvgIpc) is 2.89. The highest BCUT2D eigenvalue weighted by Gasteiger charge is 2.51. The zero-order valence-corrected chi connectivity index (χ0v) is 12.1. The van der Waals surface area contributed by atoms with Crippen molar-refractivity contribution in [3.63, 3.8) is 0 Å². The van der Waals surface area contributed by atoms with Gasteiger partial charge < -0.3 is 9.05 Å². The van der Waals surface area contributed by atoms with Crippen molar-refractivity contribution < 1.29 is 18.4 Å². The molecule has 0 aromatic rings. The number of rotatable bonds is 6. The Morgan fingerprint density at radius 3 is 2.22 bits per heavy atom. The van der Waals surface area contributed by atoms with Crippen molar-refractivity contribution in [3.05, 3.63) is 12.2 Å². The summed E-state index contributed by atoms with van der Waals surface area (Å²) in [4.78, 5) is 12.5. The molecule has 2 aliphatic carbocycles. The second kappa shape index (κ2) is 5.28. The van der Waals surface area contributed by atoms with E-state index in [1.165, 1.54) is 0 Å². The van der Waals surface area contributed by atoms with Crippen molar-refractivity contribution >= 4 is 13.1 Å². The molecule has 0 heterocycles. The summed E-state index contributed by atoms with van der Waals surface area (Å²) < 4.78 is 22.8. The third kappa shape index (κ3) is 2.22. The van der Waals surface area contributed by atoms with Gasteiger partial charge in [0.1, 0.15) is 0 Å². The van der Waals surface area contributed by atoms with Crippen molar-refractivity contribution in [2.45, 2.75) is 27.2 Å². The molecule has 0 spiro atoms. The molecule has 2 rings (SSSR count). The molecule has 0 radical (unpaired) electrons. The molecule has 0 aromatic heterocycles. The van der Waals surface area contributed by atoms with Gasteiger partial charge in [0, 0.05) is 5.92 Å². The Hall–Kier alpha value is -0.440. The Morgan fingerprint density at radius 1 is 1.22 bits per heavy atom. The summed E-state index contributed by atoms with van der Waals surface area (Å²) in [6.45, 7) is 5.97. The molecule has 0 unspecified atom stereocenters. The minimum Gasteiger partial charge on any atom is -0.303 e. The Kier molecular flexibility index (Phi) is 4.10. The Morgan fingerprint density at radius 2 is 1.78 bits per heavy atom. The summed E-state index contributed by atoms with van der Waals surface area (Å²) in [5, 5.41) is 0. The van der Waals surface area contributed by atoms with E-state index in [1.807, 2.05) is 0 Å². The second-order valence-corrected chi connectivity index (χ2v) is 6.96. The fourth-order valence-electron chi connectivity index (χ4n) is 3.16. The largest absolute Gasteiger partial charge is 0.396 e. The highest BCUT2D eigenvalue weighted by molar-refractivity contribution is 7.71. The summed E-state index contributed by atoms with van der Waals surface area (Å²) >= 11 is 0.